The number of oxime groups is 1. The molecule has 0 radical (unpaired) electrons. The fourth-order valence-corrected chi connectivity index (χ4v) is 4.95. The Balaban J connectivity index is 1.34. The maximum atomic E-state index is 14.2. The lowest BCUT2D eigenvalue weighted by molar-refractivity contribution is -0.275. The SMILES string of the molecule is CC(NC(=O)c1cc2c(cn1)CN(C1=NOC(c3cc(Cl)cc(Cl)c3)(C(F)(F)F)C1)C2)C1CC1. The van der Waals surface area contributed by atoms with Crippen LogP contribution in [0.25, 0.3) is 0 Å². The van der Waals surface area contributed by atoms with Crippen molar-refractivity contribution in [1.29, 1.82) is 0 Å². The number of alkyl halides is 3. The highest BCUT2D eigenvalue weighted by Gasteiger charge is 2.63. The minimum absolute atomic E-state index is 0.0737. The topological polar surface area (TPSA) is 66.8 Å². The Morgan fingerprint density at radius 3 is 2.50 bits per heavy atom. The molecular weight excluding hydrogens is 492 g/mol. The number of carbonyl (C=O) groups excluding carboxylic acids is 1. The molecule has 0 saturated heterocycles. The molecule has 11 heteroatoms. The van der Waals surface area contributed by atoms with Gasteiger partial charge in [-0.05, 0) is 61.1 Å². The average molecular weight is 513 g/mol. The third-order valence-electron chi connectivity index (χ3n) is 6.59. The van der Waals surface area contributed by atoms with Crippen LogP contribution in [0.2, 0.25) is 10.0 Å². The van der Waals surface area contributed by atoms with Crippen molar-refractivity contribution in [3.63, 3.8) is 0 Å². The van der Waals surface area contributed by atoms with E-state index in [9.17, 15) is 18.0 Å². The second-order valence-corrected chi connectivity index (χ2v) is 9.93. The number of rotatable bonds is 4. The van der Waals surface area contributed by atoms with Crippen molar-refractivity contribution in [2.45, 2.75) is 57.1 Å². The maximum absolute atomic E-state index is 14.2. The van der Waals surface area contributed by atoms with Crippen LogP contribution in [-0.4, -0.2) is 33.8 Å². The van der Waals surface area contributed by atoms with Crippen LogP contribution >= 0.6 is 23.2 Å². The highest BCUT2D eigenvalue weighted by molar-refractivity contribution is 6.34. The highest BCUT2D eigenvalue weighted by Crippen LogP contribution is 2.49. The summed E-state index contributed by atoms with van der Waals surface area (Å²) in [7, 11) is 0. The van der Waals surface area contributed by atoms with Crippen molar-refractivity contribution in [1.82, 2.24) is 15.2 Å². The number of fused-ring (bicyclic) bond motifs is 1. The predicted octanol–water partition coefficient (Wildman–Crippen LogP) is 5.42. The van der Waals surface area contributed by atoms with Crippen LogP contribution in [-0.2, 0) is 23.5 Å². The lowest BCUT2D eigenvalue weighted by Gasteiger charge is -2.30. The van der Waals surface area contributed by atoms with E-state index in [1.807, 2.05) is 6.92 Å². The highest BCUT2D eigenvalue weighted by atomic mass is 35.5. The Hall–Kier alpha value is -2.52. The maximum Gasteiger partial charge on any atom is 0.435 e. The summed E-state index contributed by atoms with van der Waals surface area (Å²) >= 11 is 11.9. The molecule has 5 rings (SSSR count). The molecule has 2 atom stereocenters. The third kappa shape index (κ3) is 4.20. The molecule has 3 heterocycles. The van der Waals surface area contributed by atoms with Gasteiger partial charge in [-0.15, -0.1) is 0 Å². The third-order valence-corrected chi connectivity index (χ3v) is 7.03. The first-order chi connectivity index (χ1) is 16.1. The molecule has 1 saturated carbocycles. The van der Waals surface area contributed by atoms with Crippen LogP contribution in [0, 0.1) is 5.92 Å². The Kier molecular flexibility index (Phi) is 5.67. The van der Waals surface area contributed by atoms with Gasteiger partial charge in [-0.3, -0.25) is 9.78 Å². The van der Waals surface area contributed by atoms with E-state index in [2.05, 4.69) is 15.5 Å². The minimum atomic E-state index is -4.76. The molecule has 6 nitrogen and oxygen atoms in total. The summed E-state index contributed by atoms with van der Waals surface area (Å²) in [5.74, 6) is 0.409. The Labute approximate surface area is 204 Å². The number of benzene rings is 1. The van der Waals surface area contributed by atoms with Crippen LogP contribution in [0.1, 0.15) is 53.4 Å². The smallest absolute Gasteiger partial charge is 0.372 e. The molecule has 2 aromatic rings. The molecule has 1 fully saturated rings. The summed E-state index contributed by atoms with van der Waals surface area (Å²) in [4.78, 5) is 23.6. The second-order valence-electron chi connectivity index (χ2n) is 9.05. The number of nitrogens with zero attached hydrogens (tertiary/aromatic N) is 3. The van der Waals surface area contributed by atoms with E-state index >= 15 is 0 Å². The molecule has 0 bridgehead atoms. The van der Waals surface area contributed by atoms with Gasteiger partial charge in [0.25, 0.3) is 11.5 Å². The molecule has 1 aromatic heterocycles. The first-order valence-corrected chi connectivity index (χ1v) is 11.6. The van der Waals surface area contributed by atoms with Crippen LogP contribution in [0.4, 0.5) is 13.2 Å². The molecule has 1 amide bonds. The van der Waals surface area contributed by atoms with E-state index in [-0.39, 0.29) is 39.1 Å². The number of halogens is 5. The molecule has 180 valence electrons. The summed E-state index contributed by atoms with van der Waals surface area (Å²) < 4.78 is 42.7. The number of carbonyl (C=O) groups is 1. The zero-order chi connectivity index (χ0) is 24.3. The van der Waals surface area contributed by atoms with Gasteiger partial charge in [0, 0.05) is 40.9 Å². The van der Waals surface area contributed by atoms with Gasteiger partial charge in [-0.2, -0.15) is 13.2 Å². The lowest BCUT2D eigenvalue weighted by atomic mass is 9.89. The quantitative estimate of drug-likeness (QED) is 0.593. The molecule has 1 aromatic carbocycles. The summed E-state index contributed by atoms with van der Waals surface area (Å²) in [5.41, 5.74) is -0.968. The van der Waals surface area contributed by atoms with Gasteiger partial charge in [0.2, 0.25) is 0 Å². The normalized spacial score (nSPS) is 22.8. The summed E-state index contributed by atoms with van der Waals surface area (Å²) in [6, 6.07) is 5.51. The minimum Gasteiger partial charge on any atom is -0.372 e. The number of amidine groups is 1. The number of hydrogen-bond donors (Lipinski definition) is 1. The fourth-order valence-electron chi connectivity index (χ4n) is 4.43. The standard InChI is InChI=1S/C23H21Cl2F3N4O2/c1-12(13-2-3-13)30-21(33)19-4-14-10-32(11-15(14)9-29-19)20-8-22(34-31-20,23(26,27)28)16-5-17(24)7-18(25)6-16/h4-7,9,12-13H,2-3,8,10-11H2,1H3,(H,30,33). The second kappa shape index (κ2) is 8.30. The van der Waals surface area contributed by atoms with Gasteiger partial charge in [-0.1, -0.05) is 28.4 Å². The Bertz CT molecular complexity index is 1170. The van der Waals surface area contributed by atoms with Gasteiger partial charge in [-0.25, -0.2) is 0 Å². The van der Waals surface area contributed by atoms with Gasteiger partial charge < -0.3 is 15.1 Å². The number of amides is 1. The van der Waals surface area contributed by atoms with Crippen molar-refractivity contribution in [2.75, 3.05) is 0 Å². The zero-order valence-corrected chi connectivity index (χ0v) is 19.6. The average Bonchev–Trinajstić information content (AvgIpc) is 3.35. The Morgan fingerprint density at radius 1 is 1.18 bits per heavy atom. The number of nitrogens with one attached hydrogen (secondary N) is 1. The molecule has 1 N–H and O–H groups in total. The van der Waals surface area contributed by atoms with Crippen molar-refractivity contribution < 1.29 is 22.8 Å². The monoisotopic (exact) mass is 512 g/mol. The van der Waals surface area contributed by atoms with Gasteiger partial charge in [0.15, 0.2) is 0 Å². The molecular formula is C23H21Cl2F3N4O2. The number of hydrogen-bond acceptors (Lipinski definition) is 5. The number of pyridine rings is 1. The first-order valence-electron chi connectivity index (χ1n) is 10.9. The molecule has 34 heavy (non-hydrogen) atoms. The van der Waals surface area contributed by atoms with Gasteiger partial charge in [0.05, 0.1) is 6.42 Å². The molecule has 1 aliphatic carbocycles. The zero-order valence-electron chi connectivity index (χ0n) is 18.1. The predicted molar refractivity (Wildman–Crippen MR) is 120 cm³/mol. The Morgan fingerprint density at radius 2 is 1.85 bits per heavy atom. The fraction of sp³-hybridized carbons (Fsp3) is 0.435. The lowest BCUT2D eigenvalue weighted by Crippen LogP contribution is -2.43. The van der Waals surface area contributed by atoms with E-state index in [0.717, 1.165) is 24.0 Å². The van der Waals surface area contributed by atoms with Crippen molar-refractivity contribution in [2.24, 2.45) is 11.1 Å². The molecule has 2 aliphatic heterocycles. The van der Waals surface area contributed by atoms with Crippen LogP contribution in [0.5, 0.6) is 0 Å². The number of aromatic nitrogens is 1. The summed E-state index contributed by atoms with van der Waals surface area (Å²) in [5, 5.41) is 6.93. The van der Waals surface area contributed by atoms with E-state index in [1.54, 1.807) is 17.2 Å². The van der Waals surface area contributed by atoms with Gasteiger partial charge >= 0.3 is 6.18 Å². The van der Waals surface area contributed by atoms with E-state index in [0.29, 0.717) is 19.0 Å². The van der Waals surface area contributed by atoms with E-state index in [1.165, 1.54) is 18.2 Å². The van der Waals surface area contributed by atoms with Crippen LogP contribution in [0.15, 0.2) is 35.6 Å². The summed E-state index contributed by atoms with van der Waals surface area (Å²) in [6.07, 6.45) is -1.47. The van der Waals surface area contributed by atoms with Crippen molar-refractivity contribution in [3.05, 3.63) is 62.9 Å². The molecule has 3 aliphatic rings. The largest absolute Gasteiger partial charge is 0.435 e. The first kappa shape index (κ1) is 23.2. The van der Waals surface area contributed by atoms with E-state index in [4.69, 9.17) is 28.0 Å². The van der Waals surface area contributed by atoms with Gasteiger partial charge in [0.1, 0.15) is 11.5 Å². The van der Waals surface area contributed by atoms with Crippen LogP contribution < -0.4 is 5.32 Å². The van der Waals surface area contributed by atoms with Crippen molar-refractivity contribution >= 4 is 34.9 Å². The van der Waals surface area contributed by atoms with Crippen molar-refractivity contribution in [3.8, 4) is 0 Å². The molecule has 2 unspecified atom stereocenters. The van der Waals surface area contributed by atoms with Crippen LogP contribution in [0.3, 0.4) is 0 Å². The summed E-state index contributed by atoms with van der Waals surface area (Å²) in [6.45, 7) is 2.58. The molecule has 0 spiro atoms. The van der Waals surface area contributed by atoms with E-state index < -0.39 is 18.2 Å².